The predicted molar refractivity (Wildman–Crippen MR) is 138 cm³/mol. The molecule has 37 heavy (non-hydrogen) atoms. The molecular formula is C29H26N2O6. The molecule has 1 aliphatic carbocycles. The lowest BCUT2D eigenvalue weighted by Gasteiger charge is -2.24. The molecule has 2 amide bonds. The van der Waals surface area contributed by atoms with Gasteiger partial charge in [0.15, 0.2) is 6.61 Å². The number of nitrogens with one attached hydrogen (secondary N) is 1. The summed E-state index contributed by atoms with van der Waals surface area (Å²) in [6.07, 6.45) is 4.24. The lowest BCUT2D eigenvalue weighted by atomic mass is 9.82. The highest BCUT2D eigenvalue weighted by Gasteiger charge is 2.34. The highest BCUT2D eigenvalue weighted by Crippen LogP contribution is 2.28. The van der Waals surface area contributed by atoms with E-state index in [1.807, 2.05) is 36.4 Å². The summed E-state index contributed by atoms with van der Waals surface area (Å²) in [5, 5.41) is 12.1. The van der Waals surface area contributed by atoms with Gasteiger partial charge in [-0.3, -0.25) is 19.3 Å². The van der Waals surface area contributed by atoms with Gasteiger partial charge in [-0.2, -0.15) is 0 Å². The Morgan fingerprint density at radius 2 is 1.32 bits per heavy atom. The number of rotatable bonds is 8. The molecule has 188 valence electrons. The summed E-state index contributed by atoms with van der Waals surface area (Å²) in [7, 11) is 0. The largest absolute Gasteiger partial charge is 0.481 e. The minimum Gasteiger partial charge on any atom is -0.481 e. The number of benzene rings is 3. The molecule has 0 fully saturated rings. The Bertz CT molecular complexity index is 1250. The van der Waals surface area contributed by atoms with Crippen LogP contribution in [0.25, 0.3) is 0 Å². The second kappa shape index (κ2) is 11.8. The van der Waals surface area contributed by atoms with Crippen LogP contribution in [0.3, 0.4) is 0 Å². The van der Waals surface area contributed by atoms with Crippen LogP contribution in [0.15, 0.2) is 97.1 Å². The van der Waals surface area contributed by atoms with E-state index in [-0.39, 0.29) is 11.5 Å². The van der Waals surface area contributed by atoms with Crippen molar-refractivity contribution >= 4 is 40.8 Å². The van der Waals surface area contributed by atoms with Crippen LogP contribution in [0.4, 0.5) is 17.1 Å². The zero-order valence-electron chi connectivity index (χ0n) is 19.9. The predicted octanol–water partition coefficient (Wildman–Crippen LogP) is 4.81. The van der Waals surface area contributed by atoms with Crippen LogP contribution in [0.5, 0.6) is 0 Å². The zero-order chi connectivity index (χ0) is 26.2. The van der Waals surface area contributed by atoms with Crippen molar-refractivity contribution in [3.8, 4) is 0 Å². The molecule has 1 aliphatic rings. The molecule has 0 heterocycles. The van der Waals surface area contributed by atoms with Crippen molar-refractivity contribution in [1.82, 2.24) is 0 Å². The number of aliphatic carboxylic acids is 1. The molecule has 3 aromatic rings. The van der Waals surface area contributed by atoms with E-state index in [1.165, 1.54) is 29.2 Å². The van der Waals surface area contributed by atoms with Gasteiger partial charge in [-0.15, -0.1) is 0 Å². The van der Waals surface area contributed by atoms with Crippen molar-refractivity contribution < 1.29 is 29.0 Å². The molecule has 2 atom stereocenters. The number of carboxylic acid groups (broad SMARTS) is 1. The van der Waals surface area contributed by atoms with Crippen molar-refractivity contribution in [3.05, 3.63) is 103 Å². The maximum Gasteiger partial charge on any atom is 0.338 e. The maximum atomic E-state index is 13.0. The molecule has 0 aromatic heterocycles. The summed E-state index contributed by atoms with van der Waals surface area (Å²) in [6.45, 7) is -0.465. The Balaban J connectivity index is 1.37. The van der Waals surface area contributed by atoms with Gasteiger partial charge in [0, 0.05) is 17.1 Å². The third-order valence-electron chi connectivity index (χ3n) is 6.08. The number of carbonyl (C=O) groups excluding carboxylic acids is 3. The quantitative estimate of drug-likeness (QED) is 0.340. The van der Waals surface area contributed by atoms with Crippen molar-refractivity contribution in [2.45, 2.75) is 12.8 Å². The first-order valence-electron chi connectivity index (χ1n) is 11.8. The van der Waals surface area contributed by atoms with Gasteiger partial charge in [-0.25, -0.2) is 4.79 Å². The van der Waals surface area contributed by atoms with Gasteiger partial charge in [0.05, 0.1) is 17.4 Å². The van der Waals surface area contributed by atoms with E-state index >= 15 is 0 Å². The Hall–Kier alpha value is -4.72. The summed E-state index contributed by atoms with van der Waals surface area (Å²) < 4.78 is 5.28. The SMILES string of the molecule is O=C(OCC(=O)N(c1ccccc1)c1ccccc1)c1ccc(NC(=O)[C@@H]2CC=CC[C@@H]2C(=O)O)cc1. The van der Waals surface area contributed by atoms with Gasteiger partial charge in [-0.1, -0.05) is 48.6 Å². The lowest BCUT2D eigenvalue weighted by Crippen LogP contribution is -2.34. The van der Waals surface area contributed by atoms with Gasteiger partial charge in [0.25, 0.3) is 5.91 Å². The number of para-hydroxylation sites is 2. The Labute approximate surface area is 214 Å². The van der Waals surface area contributed by atoms with E-state index in [2.05, 4.69) is 5.32 Å². The average molecular weight is 499 g/mol. The molecule has 8 nitrogen and oxygen atoms in total. The van der Waals surface area contributed by atoms with E-state index in [0.717, 1.165) is 0 Å². The third-order valence-corrected chi connectivity index (χ3v) is 6.08. The molecule has 0 bridgehead atoms. The number of hydrogen-bond donors (Lipinski definition) is 2. The second-order valence-electron chi connectivity index (χ2n) is 8.54. The van der Waals surface area contributed by atoms with E-state index in [9.17, 15) is 24.3 Å². The van der Waals surface area contributed by atoms with Crippen LogP contribution < -0.4 is 10.2 Å². The average Bonchev–Trinajstić information content (AvgIpc) is 2.93. The number of esters is 1. The maximum absolute atomic E-state index is 13.0. The van der Waals surface area contributed by atoms with Crippen LogP contribution in [0, 0.1) is 11.8 Å². The van der Waals surface area contributed by atoms with Gasteiger partial charge >= 0.3 is 11.9 Å². The molecule has 4 rings (SSSR count). The Kier molecular flexibility index (Phi) is 8.10. The summed E-state index contributed by atoms with van der Waals surface area (Å²) in [4.78, 5) is 51.2. The number of hydrogen-bond acceptors (Lipinski definition) is 5. The number of nitrogens with zero attached hydrogens (tertiary/aromatic N) is 1. The van der Waals surface area contributed by atoms with Gasteiger partial charge in [0.2, 0.25) is 5.91 Å². The van der Waals surface area contributed by atoms with Crippen molar-refractivity contribution in [1.29, 1.82) is 0 Å². The van der Waals surface area contributed by atoms with Crippen LogP contribution in [0.1, 0.15) is 23.2 Å². The normalized spacial score (nSPS) is 16.4. The molecule has 0 unspecified atom stereocenters. The highest BCUT2D eigenvalue weighted by atomic mass is 16.5. The smallest absolute Gasteiger partial charge is 0.338 e. The zero-order valence-corrected chi connectivity index (χ0v) is 19.9. The third kappa shape index (κ3) is 6.29. The minimum atomic E-state index is -1.00. The molecule has 0 spiro atoms. The molecule has 0 saturated carbocycles. The van der Waals surface area contributed by atoms with Crippen LogP contribution in [-0.4, -0.2) is 35.5 Å². The summed E-state index contributed by atoms with van der Waals surface area (Å²) >= 11 is 0. The number of ether oxygens (including phenoxy) is 1. The molecule has 8 heteroatoms. The molecule has 0 aliphatic heterocycles. The van der Waals surface area contributed by atoms with E-state index in [0.29, 0.717) is 29.9 Å². The number of carbonyl (C=O) groups is 4. The molecule has 0 saturated heterocycles. The molecule has 0 radical (unpaired) electrons. The van der Waals surface area contributed by atoms with Crippen molar-refractivity contribution in [3.63, 3.8) is 0 Å². The van der Waals surface area contributed by atoms with Gasteiger partial charge < -0.3 is 15.2 Å². The monoisotopic (exact) mass is 498 g/mol. The first kappa shape index (κ1) is 25.4. The first-order valence-corrected chi connectivity index (χ1v) is 11.8. The van der Waals surface area contributed by atoms with Gasteiger partial charge in [-0.05, 0) is 61.4 Å². The Morgan fingerprint density at radius 1 is 0.784 bits per heavy atom. The second-order valence-corrected chi connectivity index (χ2v) is 8.54. The minimum absolute atomic E-state index is 0.209. The number of allylic oxidation sites excluding steroid dienone is 2. The summed E-state index contributed by atoms with van der Waals surface area (Å²) in [6, 6.07) is 24.2. The van der Waals surface area contributed by atoms with Crippen LogP contribution in [-0.2, 0) is 19.1 Å². The fourth-order valence-electron chi connectivity index (χ4n) is 4.17. The van der Waals surface area contributed by atoms with Crippen LogP contribution >= 0.6 is 0 Å². The molecule has 2 N–H and O–H groups in total. The number of carboxylic acids is 1. The Morgan fingerprint density at radius 3 is 1.86 bits per heavy atom. The van der Waals surface area contributed by atoms with E-state index in [1.54, 1.807) is 36.4 Å². The fraction of sp³-hybridized carbons (Fsp3) is 0.172. The summed E-state index contributed by atoms with van der Waals surface area (Å²) in [5.41, 5.74) is 1.93. The highest BCUT2D eigenvalue weighted by molar-refractivity contribution is 6.02. The lowest BCUT2D eigenvalue weighted by molar-refractivity contribution is -0.146. The topological polar surface area (TPSA) is 113 Å². The number of anilines is 3. The van der Waals surface area contributed by atoms with Gasteiger partial charge in [0.1, 0.15) is 0 Å². The standard InChI is InChI=1S/C29H26N2O6/c32-26(31(22-9-3-1-4-10-22)23-11-5-2-6-12-23)19-37-29(36)20-15-17-21(18-16-20)30-27(33)24-13-7-8-14-25(24)28(34)35/h1-12,15-18,24-25H,13-14,19H2,(H,30,33)(H,34,35)/t24-,25+/m1/s1. The molecular weight excluding hydrogens is 472 g/mol. The van der Waals surface area contributed by atoms with Crippen molar-refractivity contribution in [2.24, 2.45) is 11.8 Å². The summed E-state index contributed by atoms with van der Waals surface area (Å²) in [5.74, 6) is -3.94. The van der Waals surface area contributed by atoms with Crippen molar-refractivity contribution in [2.75, 3.05) is 16.8 Å². The molecule has 3 aromatic carbocycles. The fourth-order valence-corrected chi connectivity index (χ4v) is 4.17. The number of amides is 2. The van der Waals surface area contributed by atoms with E-state index in [4.69, 9.17) is 4.74 Å². The van der Waals surface area contributed by atoms with Crippen LogP contribution in [0.2, 0.25) is 0 Å². The van der Waals surface area contributed by atoms with E-state index < -0.39 is 36.3 Å². The first-order chi connectivity index (χ1) is 17.9.